The van der Waals surface area contributed by atoms with E-state index in [2.05, 4.69) is 11.4 Å². The van der Waals surface area contributed by atoms with Gasteiger partial charge in [0.25, 0.3) is 5.91 Å². The Labute approximate surface area is 122 Å². The van der Waals surface area contributed by atoms with Crippen LogP contribution in [0.3, 0.4) is 0 Å². The van der Waals surface area contributed by atoms with Gasteiger partial charge in [0.2, 0.25) is 0 Å². The highest BCUT2D eigenvalue weighted by Gasteiger charge is 2.11. The molecule has 0 heterocycles. The maximum Gasteiger partial charge on any atom is 0.255 e. The third-order valence-corrected chi connectivity index (χ3v) is 3.48. The Kier molecular flexibility index (Phi) is 4.07. The van der Waals surface area contributed by atoms with Gasteiger partial charge in [0, 0.05) is 10.6 Å². The maximum absolute atomic E-state index is 12.2. The summed E-state index contributed by atoms with van der Waals surface area (Å²) in [5.41, 5.74) is 3.18. The lowest BCUT2D eigenvalue weighted by Crippen LogP contribution is -2.13. The van der Waals surface area contributed by atoms with Gasteiger partial charge in [-0.3, -0.25) is 4.79 Å². The average Bonchev–Trinajstić information content (AvgIpc) is 2.42. The van der Waals surface area contributed by atoms with Gasteiger partial charge < -0.3 is 5.32 Å². The zero-order valence-corrected chi connectivity index (χ0v) is 12.0. The monoisotopic (exact) mass is 284 g/mol. The summed E-state index contributed by atoms with van der Waals surface area (Å²) in [4.78, 5) is 12.2. The van der Waals surface area contributed by atoms with E-state index in [1.807, 2.05) is 19.9 Å². The molecular formula is C16H13ClN2O. The van der Waals surface area contributed by atoms with Crippen molar-refractivity contribution in [3.05, 3.63) is 63.7 Å². The lowest BCUT2D eigenvalue weighted by atomic mass is 10.1. The van der Waals surface area contributed by atoms with E-state index in [0.717, 1.165) is 11.1 Å². The normalized spacial score (nSPS) is 9.90. The SMILES string of the molecule is Cc1cc(C(=O)Nc2cccc(C)c2C#N)ccc1Cl. The Morgan fingerprint density at radius 3 is 2.60 bits per heavy atom. The van der Waals surface area contributed by atoms with Crippen molar-refractivity contribution in [1.82, 2.24) is 0 Å². The van der Waals surface area contributed by atoms with Crippen LogP contribution in [0.4, 0.5) is 5.69 Å². The smallest absolute Gasteiger partial charge is 0.255 e. The van der Waals surface area contributed by atoms with Gasteiger partial charge in [-0.1, -0.05) is 23.7 Å². The van der Waals surface area contributed by atoms with Crippen LogP contribution in [0.1, 0.15) is 27.0 Å². The standard InChI is InChI=1S/C16H13ClN2O/c1-10-4-3-5-15(13(10)9-18)19-16(20)12-6-7-14(17)11(2)8-12/h3-8H,1-2H3,(H,19,20). The molecule has 2 aromatic rings. The van der Waals surface area contributed by atoms with Crippen molar-refractivity contribution in [2.75, 3.05) is 5.32 Å². The summed E-state index contributed by atoms with van der Waals surface area (Å²) in [6, 6.07) is 12.5. The average molecular weight is 285 g/mol. The molecule has 0 radical (unpaired) electrons. The number of hydrogen-bond donors (Lipinski definition) is 1. The first-order valence-corrected chi connectivity index (χ1v) is 6.48. The van der Waals surface area contributed by atoms with E-state index in [1.54, 1.807) is 30.3 Å². The predicted molar refractivity (Wildman–Crippen MR) is 80.0 cm³/mol. The number of carbonyl (C=O) groups excluding carboxylic acids is 1. The minimum atomic E-state index is -0.258. The Hall–Kier alpha value is -2.31. The molecule has 4 heteroatoms. The number of benzene rings is 2. The summed E-state index contributed by atoms with van der Waals surface area (Å²) in [6.07, 6.45) is 0. The van der Waals surface area contributed by atoms with Crippen molar-refractivity contribution in [3.63, 3.8) is 0 Å². The number of anilines is 1. The Balaban J connectivity index is 2.31. The molecule has 0 aliphatic heterocycles. The van der Waals surface area contributed by atoms with Crippen LogP contribution in [0, 0.1) is 25.2 Å². The third kappa shape index (κ3) is 2.81. The largest absolute Gasteiger partial charge is 0.321 e. The van der Waals surface area contributed by atoms with E-state index in [-0.39, 0.29) is 5.91 Å². The fourth-order valence-electron chi connectivity index (χ4n) is 1.90. The molecule has 0 unspecified atom stereocenters. The number of rotatable bonds is 2. The number of nitrogens with zero attached hydrogens (tertiary/aromatic N) is 1. The minimum absolute atomic E-state index is 0.258. The van der Waals surface area contributed by atoms with Crippen molar-refractivity contribution in [3.8, 4) is 6.07 Å². The lowest BCUT2D eigenvalue weighted by Gasteiger charge is -2.09. The summed E-state index contributed by atoms with van der Waals surface area (Å²) in [5.74, 6) is -0.258. The van der Waals surface area contributed by atoms with Gasteiger partial charge in [-0.2, -0.15) is 5.26 Å². The number of halogens is 1. The Morgan fingerprint density at radius 1 is 1.20 bits per heavy atom. The van der Waals surface area contributed by atoms with Crippen LogP contribution in [0.2, 0.25) is 5.02 Å². The van der Waals surface area contributed by atoms with Crippen molar-refractivity contribution >= 4 is 23.2 Å². The fourth-order valence-corrected chi connectivity index (χ4v) is 2.02. The molecule has 0 aromatic heterocycles. The number of nitrogens with one attached hydrogen (secondary N) is 1. The lowest BCUT2D eigenvalue weighted by molar-refractivity contribution is 0.102. The first-order valence-electron chi connectivity index (χ1n) is 6.10. The summed E-state index contributed by atoms with van der Waals surface area (Å²) in [5, 5.41) is 12.5. The van der Waals surface area contributed by atoms with Gasteiger partial charge in [-0.25, -0.2) is 0 Å². The van der Waals surface area contributed by atoms with Crippen LogP contribution in [-0.4, -0.2) is 5.91 Å². The third-order valence-electron chi connectivity index (χ3n) is 3.05. The van der Waals surface area contributed by atoms with Crippen LogP contribution in [0.5, 0.6) is 0 Å². The van der Waals surface area contributed by atoms with Gasteiger partial charge in [-0.15, -0.1) is 0 Å². The summed E-state index contributed by atoms with van der Waals surface area (Å²) >= 11 is 5.94. The van der Waals surface area contributed by atoms with E-state index in [4.69, 9.17) is 16.9 Å². The summed E-state index contributed by atoms with van der Waals surface area (Å²) in [7, 11) is 0. The van der Waals surface area contributed by atoms with E-state index >= 15 is 0 Å². The number of amides is 1. The van der Waals surface area contributed by atoms with Gasteiger partial charge in [0.1, 0.15) is 6.07 Å². The van der Waals surface area contributed by atoms with Crippen LogP contribution in [0.15, 0.2) is 36.4 Å². The fraction of sp³-hybridized carbons (Fsp3) is 0.125. The van der Waals surface area contributed by atoms with Gasteiger partial charge in [0.05, 0.1) is 11.3 Å². The Morgan fingerprint density at radius 2 is 1.95 bits per heavy atom. The number of nitriles is 1. The number of carbonyl (C=O) groups is 1. The topological polar surface area (TPSA) is 52.9 Å². The molecule has 0 fully saturated rings. The molecule has 1 N–H and O–H groups in total. The molecule has 100 valence electrons. The first kappa shape index (κ1) is 14.1. The molecule has 0 aliphatic rings. The Bertz CT molecular complexity index is 717. The van der Waals surface area contributed by atoms with Crippen molar-refractivity contribution in [1.29, 1.82) is 5.26 Å². The van der Waals surface area contributed by atoms with Crippen molar-refractivity contribution < 1.29 is 4.79 Å². The molecule has 2 aromatic carbocycles. The van der Waals surface area contributed by atoms with Crippen LogP contribution in [-0.2, 0) is 0 Å². The quantitative estimate of drug-likeness (QED) is 0.903. The molecule has 0 saturated carbocycles. The maximum atomic E-state index is 12.2. The van der Waals surface area contributed by atoms with Crippen molar-refractivity contribution in [2.24, 2.45) is 0 Å². The van der Waals surface area contributed by atoms with E-state index in [1.165, 1.54) is 0 Å². The summed E-state index contributed by atoms with van der Waals surface area (Å²) < 4.78 is 0. The van der Waals surface area contributed by atoms with E-state index in [0.29, 0.717) is 21.8 Å². The molecular weight excluding hydrogens is 272 g/mol. The minimum Gasteiger partial charge on any atom is -0.321 e. The molecule has 1 amide bonds. The zero-order chi connectivity index (χ0) is 14.7. The number of aryl methyl sites for hydroxylation is 2. The molecule has 0 saturated heterocycles. The molecule has 0 bridgehead atoms. The predicted octanol–water partition coefficient (Wildman–Crippen LogP) is 4.08. The number of hydrogen-bond acceptors (Lipinski definition) is 2. The highest BCUT2D eigenvalue weighted by Crippen LogP contribution is 2.21. The highest BCUT2D eigenvalue weighted by atomic mass is 35.5. The molecule has 0 atom stereocenters. The highest BCUT2D eigenvalue weighted by molar-refractivity contribution is 6.31. The molecule has 0 spiro atoms. The second kappa shape index (κ2) is 5.77. The molecule has 2 rings (SSSR count). The van der Waals surface area contributed by atoms with Gasteiger partial charge >= 0.3 is 0 Å². The van der Waals surface area contributed by atoms with Crippen LogP contribution < -0.4 is 5.32 Å². The van der Waals surface area contributed by atoms with Crippen LogP contribution in [0.25, 0.3) is 0 Å². The second-order valence-corrected chi connectivity index (χ2v) is 4.93. The summed E-state index contributed by atoms with van der Waals surface area (Å²) in [6.45, 7) is 3.67. The van der Waals surface area contributed by atoms with Gasteiger partial charge in [0.15, 0.2) is 0 Å². The molecule has 3 nitrogen and oxygen atoms in total. The zero-order valence-electron chi connectivity index (χ0n) is 11.2. The molecule has 0 aliphatic carbocycles. The van der Waals surface area contributed by atoms with Gasteiger partial charge in [-0.05, 0) is 49.2 Å². The van der Waals surface area contributed by atoms with Crippen molar-refractivity contribution in [2.45, 2.75) is 13.8 Å². The second-order valence-electron chi connectivity index (χ2n) is 4.53. The van der Waals surface area contributed by atoms with E-state index in [9.17, 15) is 4.79 Å². The molecule has 20 heavy (non-hydrogen) atoms. The van der Waals surface area contributed by atoms with E-state index < -0.39 is 0 Å². The first-order chi connectivity index (χ1) is 9.52. The van der Waals surface area contributed by atoms with Crippen LogP contribution >= 0.6 is 11.6 Å².